The van der Waals surface area contributed by atoms with Crippen LogP contribution in [0.3, 0.4) is 0 Å². The van der Waals surface area contributed by atoms with Gasteiger partial charge in [-0.15, -0.1) is 0 Å². The molecule has 0 aliphatic heterocycles. The van der Waals surface area contributed by atoms with E-state index in [4.69, 9.17) is 0 Å². The number of nitrogens with zero attached hydrogens (tertiary/aromatic N) is 3. The topological polar surface area (TPSA) is 42.7 Å². The van der Waals surface area contributed by atoms with Gasteiger partial charge in [-0.2, -0.15) is 0 Å². The lowest BCUT2D eigenvalue weighted by molar-refractivity contribution is 0.607. The maximum absolute atomic E-state index is 4.38. The van der Waals surface area contributed by atoms with Gasteiger partial charge < -0.3 is 5.32 Å². The maximum Gasteiger partial charge on any atom is 0.137 e. The minimum absolute atomic E-state index is 0.723. The minimum atomic E-state index is 0.723. The summed E-state index contributed by atoms with van der Waals surface area (Å²) in [7, 11) is 0. The van der Waals surface area contributed by atoms with Gasteiger partial charge in [-0.05, 0) is 24.5 Å². The molecule has 0 atom stereocenters. The van der Waals surface area contributed by atoms with Crippen LogP contribution < -0.4 is 5.32 Å². The van der Waals surface area contributed by atoms with Crippen LogP contribution in [-0.4, -0.2) is 21.1 Å². The Kier molecular flexibility index (Phi) is 3.75. The molecular formula is C13H18N4. The predicted octanol–water partition coefficient (Wildman–Crippen LogP) is 2.73. The number of hydrogen-bond donors (Lipinski definition) is 1. The molecule has 1 N–H and O–H groups in total. The molecular weight excluding hydrogens is 212 g/mol. The maximum atomic E-state index is 4.38. The number of nitrogens with one attached hydrogen (secondary N) is 1. The molecule has 90 valence electrons. The van der Waals surface area contributed by atoms with Crippen LogP contribution in [0.15, 0.2) is 37.1 Å². The Balaban J connectivity index is 1.94. The highest BCUT2D eigenvalue weighted by Crippen LogP contribution is 2.10. The van der Waals surface area contributed by atoms with E-state index in [0.717, 1.165) is 24.0 Å². The smallest absolute Gasteiger partial charge is 0.137 e. The number of pyridine rings is 1. The number of aromatic nitrogens is 3. The van der Waals surface area contributed by atoms with E-state index in [1.807, 2.05) is 29.1 Å². The molecule has 0 aliphatic carbocycles. The van der Waals surface area contributed by atoms with Crippen LogP contribution in [0.1, 0.15) is 20.3 Å². The van der Waals surface area contributed by atoms with E-state index < -0.39 is 0 Å². The first kappa shape index (κ1) is 11.6. The van der Waals surface area contributed by atoms with E-state index >= 15 is 0 Å². The molecule has 0 saturated heterocycles. The van der Waals surface area contributed by atoms with E-state index in [1.54, 1.807) is 12.5 Å². The van der Waals surface area contributed by atoms with Crippen molar-refractivity contribution >= 4 is 5.69 Å². The van der Waals surface area contributed by atoms with Gasteiger partial charge in [0.25, 0.3) is 0 Å². The van der Waals surface area contributed by atoms with Crippen LogP contribution in [0.4, 0.5) is 5.69 Å². The second-order valence-corrected chi connectivity index (χ2v) is 4.48. The zero-order chi connectivity index (χ0) is 12.1. The summed E-state index contributed by atoms with van der Waals surface area (Å²) < 4.78 is 1.89. The average molecular weight is 230 g/mol. The summed E-state index contributed by atoms with van der Waals surface area (Å²) in [5, 5.41) is 3.36. The Morgan fingerprint density at radius 2 is 2.24 bits per heavy atom. The largest absolute Gasteiger partial charge is 0.384 e. The van der Waals surface area contributed by atoms with Crippen molar-refractivity contribution in [3.8, 4) is 5.82 Å². The summed E-state index contributed by atoms with van der Waals surface area (Å²) in [6, 6.07) is 4.03. The van der Waals surface area contributed by atoms with Crippen LogP contribution in [0.25, 0.3) is 5.82 Å². The van der Waals surface area contributed by atoms with Crippen molar-refractivity contribution in [2.24, 2.45) is 5.92 Å². The van der Waals surface area contributed by atoms with Crippen molar-refractivity contribution in [1.29, 1.82) is 0 Å². The summed E-state index contributed by atoms with van der Waals surface area (Å²) in [4.78, 5) is 8.38. The number of hydrogen-bond acceptors (Lipinski definition) is 3. The lowest BCUT2D eigenvalue weighted by atomic mass is 10.1. The fourth-order valence-electron chi connectivity index (χ4n) is 1.54. The zero-order valence-corrected chi connectivity index (χ0v) is 10.3. The Bertz CT molecular complexity index is 431. The summed E-state index contributed by atoms with van der Waals surface area (Å²) >= 11 is 0. The molecule has 2 aromatic heterocycles. The highest BCUT2D eigenvalue weighted by atomic mass is 15.1. The van der Waals surface area contributed by atoms with Gasteiger partial charge in [0, 0.05) is 18.9 Å². The van der Waals surface area contributed by atoms with Gasteiger partial charge in [-0.25, -0.2) is 9.97 Å². The van der Waals surface area contributed by atoms with E-state index in [1.165, 1.54) is 6.42 Å². The van der Waals surface area contributed by atoms with Crippen LogP contribution >= 0.6 is 0 Å². The highest BCUT2D eigenvalue weighted by molar-refractivity contribution is 5.43. The van der Waals surface area contributed by atoms with E-state index in [2.05, 4.69) is 29.1 Å². The number of anilines is 1. The molecule has 0 aromatic carbocycles. The molecule has 2 aromatic rings. The predicted molar refractivity (Wildman–Crippen MR) is 69.3 cm³/mol. The quantitative estimate of drug-likeness (QED) is 0.858. The second-order valence-electron chi connectivity index (χ2n) is 4.48. The van der Waals surface area contributed by atoms with Crippen molar-refractivity contribution in [3.05, 3.63) is 37.1 Å². The Labute approximate surface area is 102 Å². The number of imidazole rings is 1. The van der Waals surface area contributed by atoms with Crippen molar-refractivity contribution < 1.29 is 0 Å². The van der Waals surface area contributed by atoms with Gasteiger partial charge in [0.15, 0.2) is 0 Å². The van der Waals surface area contributed by atoms with Crippen LogP contribution in [0.2, 0.25) is 0 Å². The van der Waals surface area contributed by atoms with Gasteiger partial charge in [0.05, 0.1) is 11.9 Å². The van der Waals surface area contributed by atoms with Crippen molar-refractivity contribution in [1.82, 2.24) is 14.5 Å². The summed E-state index contributed by atoms with van der Waals surface area (Å²) in [5.74, 6) is 1.61. The molecule has 4 nitrogen and oxygen atoms in total. The number of rotatable bonds is 5. The molecule has 2 rings (SSSR count). The fraction of sp³-hybridized carbons (Fsp3) is 0.385. The average Bonchev–Trinajstić information content (AvgIpc) is 2.83. The van der Waals surface area contributed by atoms with Crippen molar-refractivity contribution in [3.63, 3.8) is 0 Å². The molecule has 17 heavy (non-hydrogen) atoms. The van der Waals surface area contributed by atoms with Crippen LogP contribution in [0, 0.1) is 5.92 Å². The van der Waals surface area contributed by atoms with Gasteiger partial charge in [-0.3, -0.25) is 4.57 Å². The second kappa shape index (κ2) is 5.48. The van der Waals surface area contributed by atoms with E-state index in [9.17, 15) is 0 Å². The summed E-state index contributed by atoms with van der Waals surface area (Å²) in [6.07, 6.45) is 8.40. The molecule has 0 spiro atoms. The third kappa shape index (κ3) is 3.31. The normalized spacial score (nSPS) is 10.8. The Morgan fingerprint density at radius 1 is 1.35 bits per heavy atom. The first-order valence-electron chi connectivity index (χ1n) is 5.94. The van der Waals surface area contributed by atoms with Crippen molar-refractivity contribution in [2.45, 2.75) is 20.3 Å². The SMILES string of the molecule is CC(C)CCNc1ccc(-n2ccnc2)nc1. The molecule has 0 fully saturated rings. The lowest BCUT2D eigenvalue weighted by Gasteiger charge is -2.08. The molecule has 0 amide bonds. The van der Waals surface area contributed by atoms with Gasteiger partial charge in [0.2, 0.25) is 0 Å². The monoisotopic (exact) mass is 230 g/mol. The molecule has 0 aliphatic rings. The molecule has 4 heteroatoms. The molecule has 0 unspecified atom stereocenters. The van der Waals surface area contributed by atoms with Crippen LogP contribution in [0.5, 0.6) is 0 Å². The third-order valence-electron chi connectivity index (χ3n) is 2.57. The Hall–Kier alpha value is -1.84. The standard InChI is InChI=1S/C13H18N4/c1-11(2)5-6-15-12-3-4-13(16-9-12)17-8-7-14-10-17/h3-4,7-11,15H,5-6H2,1-2H3. The fourth-order valence-corrected chi connectivity index (χ4v) is 1.54. The first-order valence-corrected chi connectivity index (χ1v) is 5.94. The Morgan fingerprint density at radius 3 is 2.82 bits per heavy atom. The summed E-state index contributed by atoms with van der Waals surface area (Å²) in [6.45, 7) is 5.44. The molecule has 2 heterocycles. The molecule has 0 radical (unpaired) electrons. The molecule has 0 bridgehead atoms. The third-order valence-corrected chi connectivity index (χ3v) is 2.57. The van der Waals surface area contributed by atoms with Crippen LogP contribution in [-0.2, 0) is 0 Å². The highest BCUT2D eigenvalue weighted by Gasteiger charge is 1.98. The molecule has 0 saturated carbocycles. The lowest BCUT2D eigenvalue weighted by Crippen LogP contribution is -2.05. The van der Waals surface area contributed by atoms with Gasteiger partial charge >= 0.3 is 0 Å². The van der Waals surface area contributed by atoms with E-state index in [-0.39, 0.29) is 0 Å². The minimum Gasteiger partial charge on any atom is -0.384 e. The van der Waals surface area contributed by atoms with Gasteiger partial charge in [0.1, 0.15) is 12.1 Å². The summed E-state index contributed by atoms with van der Waals surface area (Å²) in [5.41, 5.74) is 1.06. The van der Waals surface area contributed by atoms with Gasteiger partial charge in [-0.1, -0.05) is 13.8 Å². The zero-order valence-electron chi connectivity index (χ0n) is 10.3. The van der Waals surface area contributed by atoms with E-state index in [0.29, 0.717) is 0 Å². The van der Waals surface area contributed by atoms with Crippen molar-refractivity contribution in [2.75, 3.05) is 11.9 Å². The first-order chi connectivity index (χ1) is 8.25.